The van der Waals surface area contributed by atoms with Crippen LogP contribution in [0.15, 0.2) is 47.4 Å². The molecule has 1 amide bonds. The van der Waals surface area contributed by atoms with Gasteiger partial charge < -0.3 is 5.32 Å². The molecule has 0 unspecified atom stereocenters. The van der Waals surface area contributed by atoms with E-state index in [9.17, 15) is 13.2 Å². The van der Waals surface area contributed by atoms with Gasteiger partial charge in [-0.05, 0) is 66.8 Å². The van der Waals surface area contributed by atoms with Crippen molar-refractivity contribution in [1.82, 2.24) is 0 Å². The molecular weight excluding hydrogens is 300 g/mol. The molecule has 0 aliphatic heterocycles. The van der Waals surface area contributed by atoms with Gasteiger partial charge in [-0.1, -0.05) is 6.07 Å². The lowest BCUT2D eigenvalue weighted by Crippen LogP contribution is -2.14. The van der Waals surface area contributed by atoms with Gasteiger partial charge in [-0.2, -0.15) is 0 Å². The minimum absolute atomic E-state index is 0.0124. The minimum Gasteiger partial charge on any atom is -0.322 e. The Labute approximate surface area is 129 Å². The second-order valence-corrected chi connectivity index (χ2v) is 6.92. The molecule has 0 bridgehead atoms. The molecule has 6 heteroatoms. The number of nitrogens with one attached hydrogen (secondary N) is 1. The van der Waals surface area contributed by atoms with Crippen LogP contribution in [0, 0.1) is 0 Å². The third kappa shape index (κ3) is 3.03. The predicted molar refractivity (Wildman–Crippen MR) is 84.2 cm³/mol. The van der Waals surface area contributed by atoms with Crippen LogP contribution in [0.3, 0.4) is 0 Å². The van der Waals surface area contributed by atoms with Crippen molar-refractivity contribution in [1.29, 1.82) is 0 Å². The van der Waals surface area contributed by atoms with Crippen LogP contribution in [0.5, 0.6) is 0 Å². The normalized spacial score (nSPS) is 13.7. The summed E-state index contributed by atoms with van der Waals surface area (Å²) in [5.41, 5.74) is 3.76. The van der Waals surface area contributed by atoms with Gasteiger partial charge in [-0.25, -0.2) is 13.6 Å². The van der Waals surface area contributed by atoms with E-state index >= 15 is 0 Å². The molecule has 0 aromatic heterocycles. The molecule has 3 rings (SSSR count). The molecule has 0 saturated carbocycles. The van der Waals surface area contributed by atoms with Gasteiger partial charge in [-0.3, -0.25) is 4.79 Å². The van der Waals surface area contributed by atoms with Gasteiger partial charge in [0.1, 0.15) is 0 Å². The molecule has 0 fully saturated rings. The Morgan fingerprint density at radius 2 is 1.68 bits per heavy atom. The van der Waals surface area contributed by atoms with Crippen molar-refractivity contribution in [2.24, 2.45) is 5.14 Å². The third-order valence-corrected chi connectivity index (χ3v) is 4.73. The monoisotopic (exact) mass is 316 g/mol. The molecule has 2 aromatic rings. The number of amides is 1. The largest absolute Gasteiger partial charge is 0.322 e. The second-order valence-electron chi connectivity index (χ2n) is 5.36. The standard InChI is InChI=1S/C16H16N2O3S/c17-22(20,21)15-8-5-12(6-9-15)16(19)18-14-7-4-11-2-1-3-13(11)10-14/h4-10H,1-3H2,(H,18,19)(H2,17,20,21). The van der Waals surface area contributed by atoms with Crippen molar-refractivity contribution >= 4 is 21.6 Å². The lowest BCUT2D eigenvalue weighted by atomic mass is 10.1. The van der Waals surface area contributed by atoms with E-state index in [0.29, 0.717) is 5.56 Å². The molecule has 22 heavy (non-hydrogen) atoms. The van der Waals surface area contributed by atoms with E-state index in [1.54, 1.807) is 0 Å². The Hall–Kier alpha value is -2.18. The Balaban J connectivity index is 1.77. The lowest BCUT2D eigenvalue weighted by Gasteiger charge is -2.08. The zero-order valence-corrected chi connectivity index (χ0v) is 12.7. The van der Waals surface area contributed by atoms with Crippen LogP contribution in [-0.2, 0) is 22.9 Å². The quantitative estimate of drug-likeness (QED) is 0.908. The number of benzene rings is 2. The van der Waals surface area contributed by atoms with E-state index in [-0.39, 0.29) is 10.8 Å². The van der Waals surface area contributed by atoms with Crippen molar-refractivity contribution in [3.8, 4) is 0 Å². The number of hydrogen-bond donors (Lipinski definition) is 2. The number of nitrogens with two attached hydrogens (primary N) is 1. The van der Waals surface area contributed by atoms with Crippen LogP contribution in [0.2, 0.25) is 0 Å². The first-order valence-corrected chi connectivity index (χ1v) is 8.54. The Bertz CT molecular complexity index is 827. The molecule has 5 nitrogen and oxygen atoms in total. The molecule has 0 radical (unpaired) electrons. The summed E-state index contributed by atoms with van der Waals surface area (Å²) in [5, 5.41) is 7.86. The van der Waals surface area contributed by atoms with Crippen LogP contribution in [0.4, 0.5) is 5.69 Å². The number of anilines is 1. The number of aryl methyl sites for hydroxylation is 2. The number of hydrogen-bond acceptors (Lipinski definition) is 3. The molecule has 0 saturated heterocycles. The molecule has 0 atom stereocenters. The maximum absolute atomic E-state index is 12.2. The maximum Gasteiger partial charge on any atom is 0.255 e. The average molecular weight is 316 g/mol. The predicted octanol–water partition coefficient (Wildman–Crippen LogP) is 2.08. The van der Waals surface area contributed by atoms with Crippen molar-refractivity contribution < 1.29 is 13.2 Å². The smallest absolute Gasteiger partial charge is 0.255 e. The Kier molecular flexibility index (Phi) is 3.72. The molecule has 114 valence electrons. The van der Waals surface area contributed by atoms with E-state index in [2.05, 4.69) is 5.32 Å². The molecule has 1 aliphatic carbocycles. The van der Waals surface area contributed by atoms with Crippen LogP contribution in [0.25, 0.3) is 0 Å². The average Bonchev–Trinajstić information content (AvgIpc) is 2.94. The van der Waals surface area contributed by atoms with E-state index in [1.165, 1.54) is 35.4 Å². The number of sulfonamides is 1. The highest BCUT2D eigenvalue weighted by atomic mass is 32.2. The molecule has 1 aliphatic rings. The Morgan fingerprint density at radius 3 is 2.36 bits per heavy atom. The molecule has 2 aromatic carbocycles. The first kappa shape index (κ1) is 14.7. The fourth-order valence-electron chi connectivity index (χ4n) is 2.65. The first-order chi connectivity index (χ1) is 10.4. The summed E-state index contributed by atoms with van der Waals surface area (Å²) in [4.78, 5) is 12.2. The number of carbonyl (C=O) groups is 1. The highest BCUT2D eigenvalue weighted by molar-refractivity contribution is 7.89. The molecule has 3 N–H and O–H groups in total. The van der Waals surface area contributed by atoms with Crippen LogP contribution >= 0.6 is 0 Å². The summed E-state index contributed by atoms with van der Waals surface area (Å²) in [6.45, 7) is 0. The topological polar surface area (TPSA) is 89.3 Å². The minimum atomic E-state index is -3.74. The summed E-state index contributed by atoms with van der Waals surface area (Å²) < 4.78 is 22.4. The van der Waals surface area contributed by atoms with Crippen molar-refractivity contribution in [2.75, 3.05) is 5.32 Å². The SMILES string of the molecule is NS(=O)(=O)c1ccc(C(=O)Nc2ccc3c(c2)CCC3)cc1. The van der Waals surface area contributed by atoms with Crippen LogP contribution in [0.1, 0.15) is 27.9 Å². The summed E-state index contributed by atoms with van der Waals surface area (Å²) in [7, 11) is -3.74. The summed E-state index contributed by atoms with van der Waals surface area (Å²) in [5.74, 6) is -0.279. The number of rotatable bonds is 3. The highest BCUT2D eigenvalue weighted by Gasteiger charge is 2.13. The van der Waals surface area contributed by atoms with Crippen molar-refractivity contribution in [2.45, 2.75) is 24.2 Å². The number of carbonyl (C=O) groups excluding carboxylic acids is 1. The molecular formula is C16H16N2O3S. The van der Waals surface area contributed by atoms with Gasteiger partial charge in [0.15, 0.2) is 0 Å². The van der Waals surface area contributed by atoms with E-state index in [4.69, 9.17) is 5.14 Å². The second kappa shape index (κ2) is 5.55. The lowest BCUT2D eigenvalue weighted by molar-refractivity contribution is 0.102. The van der Waals surface area contributed by atoms with Gasteiger partial charge >= 0.3 is 0 Å². The van der Waals surface area contributed by atoms with E-state index in [1.807, 2.05) is 18.2 Å². The summed E-state index contributed by atoms with van der Waals surface area (Å²) in [6.07, 6.45) is 3.29. The van der Waals surface area contributed by atoms with Crippen molar-refractivity contribution in [3.63, 3.8) is 0 Å². The summed E-state index contributed by atoms with van der Waals surface area (Å²) in [6, 6.07) is 11.5. The zero-order valence-electron chi connectivity index (χ0n) is 11.9. The number of fused-ring (bicyclic) bond motifs is 1. The van der Waals surface area contributed by atoms with Gasteiger partial charge in [0.2, 0.25) is 10.0 Å². The van der Waals surface area contributed by atoms with E-state index in [0.717, 1.165) is 24.9 Å². The van der Waals surface area contributed by atoms with Gasteiger partial charge in [-0.15, -0.1) is 0 Å². The summed E-state index contributed by atoms with van der Waals surface area (Å²) >= 11 is 0. The molecule has 0 heterocycles. The van der Waals surface area contributed by atoms with Crippen LogP contribution < -0.4 is 10.5 Å². The van der Waals surface area contributed by atoms with Gasteiger partial charge in [0.25, 0.3) is 5.91 Å². The van der Waals surface area contributed by atoms with Gasteiger partial charge in [0, 0.05) is 11.3 Å². The molecule has 0 spiro atoms. The fourth-order valence-corrected chi connectivity index (χ4v) is 3.16. The fraction of sp³-hybridized carbons (Fsp3) is 0.188. The first-order valence-electron chi connectivity index (χ1n) is 6.99. The van der Waals surface area contributed by atoms with Crippen molar-refractivity contribution in [3.05, 3.63) is 59.2 Å². The zero-order chi connectivity index (χ0) is 15.7. The Morgan fingerprint density at radius 1 is 1.00 bits per heavy atom. The van der Waals surface area contributed by atoms with E-state index < -0.39 is 10.0 Å². The highest BCUT2D eigenvalue weighted by Crippen LogP contribution is 2.25. The number of primary sulfonamides is 1. The van der Waals surface area contributed by atoms with Gasteiger partial charge in [0.05, 0.1) is 4.90 Å². The third-order valence-electron chi connectivity index (χ3n) is 3.80. The maximum atomic E-state index is 12.2. The van der Waals surface area contributed by atoms with Crippen LogP contribution in [-0.4, -0.2) is 14.3 Å².